The number of nitrogens with one attached hydrogen (secondary N) is 1. The fraction of sp³-hybridized carbons (Fsp3) is 0. The molecule has 1 heterocycles. The van der Waals surface area contributed by atoms with Crippen molar-refractivity contribution in [3.63, 3.8) is 0 Å². The highest BCUT2D eigenvalue weighted by atomic mass is 79.9. The summed E-state index contributed by atoms with van der Waals surface area (Å²) in [5.41, 5.74) is -0.456. The zero-order valence-corrected chi connectivity index (χ0v) is 11.2. The van der Waals surface area contributed by atoms with Crippen molar-refractivity contribution in [2.24, 2.45) is 0 Å². The molecule has 0 spiro atoms. The van der Waals surface area contributed by atoms with E-state index in [0.717, 1.165) is 6.07 Å². The first kappa shape index (κ1) is 12.4. The number of carbonyl (C=O) groups is 1. The molecule has 0 radical (unpaired) electrons. The Morgan fingerprint density at radius 3 is 2.53 bits per heavy atom. The van der Waals surface area contributed by atoms with Gasteiger partial charge in [-0.1, -0.05) is 23.2 Å². The van der Waals surface area contributed by atoms with E-state index in [-0.39, 0.29) is 26.6 Å². The number of benzene rings is 1. The molecule has 1 aromatic carbocycles. The average molecular weight is 337 g/mol. The molecule has 17 heavy (non-hydrogen) atoms. The van der Waals surface area contributed by atoms with E-state index in [1.165, 1.54) is 6.07 Å². The van der Waals surface area contributed by atoms with Crippen LogP contribution in [0.2, 0.25) is 10.0 Å². The third kappa shape index (κ3) is 2.06. The maximum absolute atomic E-state index is 11.7. The number of aromatic carboxylic acids is 1. The van der Waals surface area contributed by atoms with Gasteiger partial charge in [-0.25, -0.2) is 4.79 Å². The van der Waals surface area contributed by atoms with Crippen LogP contribution in [-0.2, 0) is 0 Å². The topological polar surface area (TPSA) is 70.2 Å². The van der Waals surface area contributed by atoms with Gasteiger partial charge in [0.2, 0.25) is 0 Å². The molecule has 2 rings (SSSR count). The van der Waals surface area contributed by atoms with Crippen molar-refractivity contribution in [1.29, 1.82) is 0 Å². The Morgan fingerprint density at radius 1 is 1.29 bits per heavy atom. The number of pyridine rings is 1. The third-order valence-electron chi connectivity index (χ3n) is 2.19. The zero-order valence-electron chi connectivity index (χ0n) is 8.05. The van der Waals surface area contributed by atoms with Gasteiger partial charge in [0.15, 0.2) is 5.43 Å². The van der Waals surface area contributed by atoms with E-state index in [0.29, 0.717) is 4.47 Å². The average Bonchev–Trinajstić information content (AvgIpc) is 2.27. The molecule has 0 bridgehead atoms. The molecule has 0 saturated heterocycles. The van der Waals surface area contributed by atoms with Gasteiger partial charge in [0.1, 0.15) is 5.69 Å². The number of hydrogen-bond acceptors (Lipinski definition) is 2. The molecular weight excluding hydrogens is 333 g/mol. The Bertz CT molecular complexity index is 696. The second-order valence-electron chi connectivity index (χ2n) is 3.26. The number of carboxylic acids is 1. The number of aromatic nitrogens is 1. The van der Waals surface area contributed by atoms with Gasteiger partial charge < -0.3 is 10.1 Å². The molecule has 0 aliphatic heterocycles. The van der Waals surface area contributed by atoms with E-state index in [2.05, 4.69) is 20.9 Å². The molecule has 2 aromatic rings. The Balaban J connectivity index is 2.98. The minimum absolute atomic E-state index is 0.108. The van der Waals surface area contributed by atoms with E-state index >= 15 is 0 Å². The van der Waals surface area contributed by atoms with Gasteiger partial charge in [0.05, 0.1) is 15.6 Å². The van der Waals surface area contributed by atoms with Gasteiger partial charge in [0.25, 0.3) is 0 Å². The lowest BCUT2D eigenvalue weighted by molar-refractivity contribution is 0.0691. The monoisotopic (exact) mass is 335 g/mol. The summed E-state index contributed by atoms with van der Waals surface area (Å²) in [5.74, 6) is -1.24. The van der Waals surface area contributed by atoms with E-state index in [4.69, 9.17) is 28.3 Å². The van der Waals surface area contributed by atoms with Crippen molar-refractivity contribution in [3.05, 3.63) is 42.6 Å². The summed E-state index contributed by atoms with van der Waals surface area (Å²) < 4.78 is 0.477. The lowest BCUT2D eigenvalue weighted by Gasteiger charge is -2.06. The first-order chi connectivity index (χ1) is 7.91. The van der Waals surface area contributed by atoms with Crippen LogP contribution in [0.5, 0.6) is 0 Å². The summed E-state index contributed by atoms with van der Waals surface area (Å²) in [6.45, 7) is 0. The van der Waals surface area contributed by atoms with Crippen molar-refractivity contribution >= 4 is 56.0 Å². The van der Waals surface area contributed by atoms with Crippen LogP contribution in [0, 0.1) is 0 Å². The molecule has 0 saturated carbocycles. The minimum Gasteiger partial charge on any atom is -0.477 e. The largest absolute Gasteiger partial charge is 0.477 e. The van der Waals surface area contributed by atoms with E-state index < -0.39 is 11.4 Å². The lowest BCUT2D eigenvalue weighted by Crippen LogP contribution is -2.09. The van der Waals surface area contributed by atoms with Crippen molar-refractivity contribution in [3.8, 4) is 0 Å². The molecule has 0 atom stereocenters. The Morgan fingerprint density at radius 2 is 1.94 bits per heavy atom. The predicted molar refractivity (Wildman–Crippen MR) is 69.2 cm³/mol. The molecule has 1 aromatic heterocycles. The quantitative estimate of drug-likeness (QED) is 0.785. The molecule has 0 amide bonds. The molecule has 0 aliphatic rings. The Kier molecular flexibility index (Phi) is 3.16. The summed E-state index contributed by atoms with van der Waals surface area (Å²) >= 11 is 15.0. The third-order valence-corrected chi connectivity index (χ3v) is 3.91. The predicted octanol–water partition coefficient (Wildman–Crippen LogP) is 3.30. The first-order valence-corrected chi connectivity index (χ1v) is 5.90. The van der Waals surface area contributed by atoms with E-state index in [9.17, 15) is 9.59 Å². The maximum Gasteiger partial charge on any atom is 0.352 e. The normalized spacial score (nSPS) is 10.8. The number of hydrogen-bond donors (Lipinski definition) is 2. The summed E-state index contributed by atoms with van der Waals surface area (Å²) in [6.07, 6.45) is 0. The van der Waals surface area contributed by atoms with Crippen molar-refractivity contribution in [2.75, 3.05) is 0 Å². The summed E-state index contributed by atoms with van der Waals surface area (Å²) in [7, 11) is 0. The summed E-state index contributed by atoms with van der Waals surface area (Å²) in [6, 6.07) is 2.50. The highest BCUT2D eigenvalue weighted by Crippen LogP contribution is 2.34. The number of halogens is 3. The van der Waals surface area contributed by atoms with Gasteiger partial charge in [0, 0.05) is 15.9 Å². The van der Waals surface area contributed by atoms with Crippen LogP contribution in [0.25, 0.3) is 10.9 Å². The number of aromatic amines is 1. The van der Waals surface area contributed by atoms with Gasteiger partial charge in [-0.2, -0.15) is 0 Å². The van der Waals surface area contributed by atoms with Crippen LogP contribution in [0.4, 0.5) is 0 Å². The van der Waals surface area contributed by atoms with Gasteiger partial charge in [-0.15, -0.1) is 0 Å². The Hall–Kier alpha value is -1.04. The molecule has 0 unspecified atom stereocenters. The van der Waals surface area contributed by atoms with Crippen LogP contribution >= 0.6 is 39.1 Å². The number of H-pyrrole nitrogens is 1. The molecule has 4 nitrogen and oxygen atoms in total. The van der Waals surface area contributed by atoms with Crippen LogP contribution in [0.15, 0.2) is 21.4 Å². The van der Waals surface area contributed by atoms with Crippen LogP contribution in [0.1, 0.15) is 10.5 Å². The van der Waals surface area contributed by atoms with E-state index in [1.54, 1.807) is 0 Å². The fourth-order valence-corrected chi connectivity index (χ4v) is 2.35. The first-order valence-electron chi connectivity index (χ1n) is 4.35. The highest BCUT2D eigenvalue weighted by molar-refractivity contribution is 9.10. The van der Waals surface area contributed by atoms with Gasteiger partial charge in [-0.3, -0.25) is 4.79 Å². The zero-order chi connectivity index (χ0) is 12.7. The number of carboxylic acid groups (broad SMARTS) is 1. The standard InChI is InChI=1S/C10H4BrCl2NO3/c11-4-1-3-6(15)2-5(10(16)17)14-9(3)8(13)7(4)12/h1-2H,(H,14,15)(H,16,17). The minimum atomic E-state index is -1.24. The molecule has 88 valence electrons. The molecule has 7 heteroatoms. The highest BCUT2D eigenvalue weighted by Gasteiger charge is 2.14. The lowest BCUT2D eigenvalue weighted by atomic mass is 10.2. The molecule has 2 N–H and O–H groups in total. The summed E-state index contributed by atoms with van der Waals surface area (Å²) in [5, 5.41) is 9.43. The van der Waals surface area contributed by atoms with Crippen LogP contribution in [0.3, 0.4) is 0 Å². The van der Waals surface area contributed by atoms with Gasteiger partial charge >= 0.3 is 5.97 Å². The number of fused-ring (bicyclic) bond motifs is 1. The molecule has 0 fully saturated rings. The van der Waals surface area contributed by atoms with E-state index in [1.807, 2.05) is 0 Å². The summed E-state index contributed by atoms with van der Waals surface area (Å²) in [4.78, 5) is 25.1. The van der Waals surface area contributed by atoms with Crippen molar-refractivity contribution in [1.82, 2.24) is 4.98 Å². The fourth-order valence-electron chi connectivity index (χ4n) is 1.41. The van der Waals surface area contributed by atoms with Crippen LogP contribution in [-0.4, -0.2) is 16.1 Å². The second kappa shape index (κ2) is 4.33. The van der Waals surface area contributed by atoms with Crippen LogP contribution < -0.4 is 5.43 Å². The smallest absolute Gasteiger partial charge is 0.352 e. The number of rotatable bonds is 1. The van der Waals surface area contributed by atoms with Crippen molar-refractivity contribution in [2.45, 2.75) is 0 Å². The maximum atomic E-state index is 11.7. The SMILES string of the molecule is O=C(O)c1cc(=O)c2cc(Br)c(Cl)c(Cl)c2[nH]1. The van der Waals surface area contributed by atoms with Gasteiger partial charge in [-0.05, 0) is 22.0 Å². The second-order valence-corrected chi connectivity index (χ2v) is 4.87. The molecular formula is C10H4BrCl2NO3. The van der Waals surface area contributed by atoms with Crippen molar-refractivity contribution < 1.29 is 9.90 Å². The molecule has 0 aliphatic carbocycles. The Labute approximate surface area is 113 Å².